The Morgan fingerprint density at radius 2 is 1.50 bits per heavy atom. The lowest BCUT2D eigenvalue weighted by Gasteiger charge is -2.15. The van der Waals surface area contributed by atoms with E-state index in [1.54, 1.807) is 0 Å². The minimum Gasteiger partial charge on any atom is -0.326 e. The summed E-state index contributed by atoms with van der Waals surface area (Å²) in [5.74, 6) is 0.738. The highest BCUT2D eigenvalue weighted by Crippen LogP contribution is 2.28. The molecule has 1 rings (SSSR count). The highest BCUT2D eigenvalue weighted by molar-refractivity contribution is 6.05. The molecular formula is C17H33BN2. The zero-order chi connectivity index (χ0) is 14.6. The highest BCUT2D eigenvalue weighted by Gasteiger charge is 2.12. The molecule has 0 aromatic carbocycles. The minimum absolute atomic E-state index is 0.738. The second kappa shape index (κ2) is 11.0. The van der Waals surface area contributed by atoms with Crippen molar-refractivity contribution in [2.24, 2.45) is 0 Å². The molecule has 114 valence electrons. The van der Waals surface area contributed by atoms with Gasteiger partial charge >= 0.3 is 0 Å². The second-order valence-corrected chi connectivity index (χ2v) is 6.20. The summed E-state index contributed by atoms with van der Waals surface area (Å²) in [6, 6.07) is 0. The Bertz CT molecular complexity index is 335. The molecule has 0 saturated carbocycles. The Balaban J connectivity index is 2.34. The predicted octanol–water partition coefficient (Wildman–Crippen LogP) is 4.69. The summed E-state index contributed by atoms with van der Waals surface area (Å²) in [5.41, 5.74) is 1.46. The van der Waals surface area contributed by atoms with Crippen LogP contribution in [0.25, 0.3) is 0 Å². The molecule has 0 fully saturated rings. The van der Waals surface area contributed by atoms with Gasteiger partial charge in [-0.1, -0.05) is 71.6 Å². The van der Waals surface area contributed by atoms with E-state index >= 15 is 0 Å². The Hall–Kier alpha value is -0.725. The normalized spacial score (nSPS) is 12.7. The predicted molar refractivity (Wildman–Crippen MR) is 91.0 cm³/mol. The Kier molecular flexibility index (Phi) is 9.52. The third-order valence-electron chi connectivity index (χ3n) is 4.26. The van der Waals surface area contributed by atoms with Gasteiger partial charge in [0, 0.05) is 6.20 Å². The number of hydrogen-bond acceptors (Lipinski definition) is 1. The number of aromatic nitrogens is 2. The average Bonchev–Trinajstić information content (AvgIpc) is 2.87. The lowest BCUT2D eigenvalue weighted by atomic mass is 9.90. The third-order valence-corrected chi connectivity index (χ3v) is 4.26. The van der Waals surface area contributed by atoms with E-state index in [2.05, 4.69) is 31.3 Å². The van der Waals surface area contributed by atoms with Crippen LogP contribution in [-0.2, 0) is 0 Å². The van der Waals surface area contributed by atoms with Crippen molar-refractivity contribution in [1.29, 1.82) is 0 Å². The molecule has 0 spiro atoms. The topological polar surface area (TPSA) is 17.8 Å². The number of rotatable bonds is 12. The van der Waals surface area contributed by atoms with Crippen molar-refractivity contribution in [2.75, 3.05) is 0 Å². The summed E-state index contributed by atoms with van der Waals surface area (Å²) in [5, 5.41) is 4.36. The smallest absolute Gasteiger partial charge is 0.248 e. The molecule has 0 radical (unpaired) electrons. The Labute approximate surface area is 126 Å². The molecule has 0 saturated heterocycles. The quantitative estimate of drug-likeness (QED) is 0.400. The molecule has 0 aliphatic rings. The fourth-order valence-electron chi connectivity index (χ4n) is 2.94. The van der Waals surface area contributed by atoms with Crippen molar-refractivity contribution in [3.8, 4) is 0 Å². The van der Waals surface area contributed by atoms with Crippen molar-refractivity contribution in [1.82, 2.24) is 9.69 Å². The van der Waals surface area contributed by atoms with Crippen LogP contribution in [0.15, 0.2) is 12.4 Å². The molecule has 1 atom stereocenters. The van der Waals surface area contributed by atoms with Crippen LogP contribution < -0.4 is 0 Å². The molecule has 3 heteroatoms. The summed E-state index contributed by atoms with van der Waals surface area (Å²) >= 11 is 0. The van der Waals surface area contributed by atoms with Gasteiger partial charge in [0.15, 0.2) is 0 Å². The van der Waals surface area contributed by atoms with Crippen LogP contribution in [0.4, 0.5) is 0 Å². The number of unbranched alkanes of at least 4 members (excludes halogenated alkanes) is 7. The molecule has 2 nitrogen and oxygen atoms in total. The summed E-state index contributed by atoms with van der Waals surface area (Å²) in [4.78, 5) is 0. The number of hydrogen-bond donors (Lipinski definition) is 0. The molecule has 1 unspecified atom stereocenters. The summed E-state index contributed by atoms with van der Waals surface area (Å²) in [7, 11) is 2.03. The first-order chi connectivity index (χ1) is 9.77. The molecule has 0 bridgehead atoms. The van der Waals surface area contributed by atoms with E-state index in [0.29, 0.717) is 0 Å². The minimum atomic E-state index is 0.738. The first kappa shape index (κ1) is 17.3. The molecule has 0 N–H and O–H groups in total. The van der Waals surface area contributed by atoms with Crippen molar-refractivity contribution >= 4 is 7.98 Å². The zero-order valence-corrected chi connectivity index (χ0v) is 13.9. The first-order valence-electron chi connectivity index (χ1n) is 8.76. The fraction of sp³-hybridized carbons (Fsp3) is 0.824. The molecular weight excluding hydrogens is 243 g/mol. The van der Waals surface area contributed by atoms with Crippen LogP contribution in [0, 0.1) is 0 Å². The van der Waals surface area contributed by atoms with Crippen LogP contribution in [0.3, 0.4) is 0 Å². The van der Waals surface area contributed by atoms with Crippen LogP contribution >= 0.6 is 0 Å². The second-order valence-electron chi connectivity index (χ2n) is 6.20. The van der Waals surface area contributed by atoms with Gasteiger partial charge in [-0.05, 0) is 24.3 Å². The lowest BCUT2D eigenvalue weighted by Crippen LogP contribution is -1.99. The first-order valence-corrected chi connectivity index (χ1v) is 8.76. The van der Waals surface area contributed by atoms with Gasteiger partial charge in [-0.3, -0.25) is 0 Å². The van der Waals surface area contributed by atoms with E-state index in [-0.39, 0.29) is 0 Å². The van der Waals surface area contributed by atoms with Crippen molar-refractivity contribution in [3.63, 3.8) is 0 Å². The van der Waals surface area contributed by atoms with Gasteiger partial charge in [0.2, 0.25) is 7.98 Å². The van der Waals surface area contributed by atoms with Gasteiger partial charge in [0.25, 0.3) is 0 Å². The molecule has 1 aromatic rings. The molecule has 0 amide bonds. The SMILES string of the molecule is Bn1cc(C(CCCCCC)CCCCCCC)cn1. The standard InChI is InChI=1S/C17H33BN2/c1-3-5-7-9-11-13-16(12-10-8-6-4-2)17-14-19-20(18)15-17/h14-16H,3-13,18H2,1-2H3. The molecule has 20 heavy (non-hydrogen) atoms. The van der Waals surface area contributed by atoms with E-state index in [9.17, 15) is 0 Å². The van der Waals surface area contributed by atoms with E-state index in [0.717, 1.165) is 5.92 Å². The largest absolute Gasteiger partial charge is 0.326 e. The summed E-state index contributed by atoms with van der Waals surface area (Å²) in [6.45, 7) is 4.57. The summed E-state index contributed by atoms with van der Waals surface area (Å²) in [6.07, 6.45) is 19.4. The van der Waals surface area contributed by atoms with Crippen LogP contribution in [-0.4, -0.2) is 17.7 Å². The van der Waals surface area contributed by atoms with Gasteiger partial charge in [0.05, 0.1) is 6.20 Å². The molecule has 1 heterocycles. The average molecular weight is 276 g/mol. The van der Waals surface area contributed by atoms with Crippen LogP contribution in [0.2, 0.25) is 0 Å². The Morgan fingerprint density at radius 3 is 2.00 bits per heavy atom. The third kappa shape index (κ3) is 7.16. The van der Waals surface area contributed by atoms with Gasteiger partial charge in [-0.15, -0.1) is 0 Å². The van der Waals surface area contributed by atoms with Gasteiger partial charge in [-0.25, -0.2) is 0 Å². The molecule has 1 aromatic heterocycles. The van der Waals surface area contributed by atoms with Crippen molar-refractivity contribution in [3.05, 3.63) is 18.0 Å². The molecule has 0 aliphatic heterocycles. The number of nitrogens with zero attached hydrogens (tertiary/aromatic N) is 2. The summed E-state index contributed by atoms with van der Waals surface area (Å²) < 4.78 is 1.95. The van der Waals surface area contributed by atoms with E-state index in [4.69, 9.17) is 0 Å². The monoisotopic (exact) mass is 276 g/mol. The van der Waals surface area contributed by atoms with E-state index in [1.165, 1.54) is 76.2 Å². The maximum absolute atomic E-state index is 4.36. The van der Waals surface area contributed by atoms with Gasteiger partial charge < -0.3 is 4.59 Å². The maximum atomic E-state index is 4.36. The van der Waals surface area contributed by atoms with E-state index < -0.39 is 0 Å². The van der Waals surface area contributed by atoms with Gasteiger partial charge in [0.1, 0.15) is 0 Å². The zero-order valence-electron chi connectivity index (χ0n) is 13.9. The van der Waals surface area contributed by atoms with E-state index in [1.807, 2.05) is 12.6 Å². The van der Waals surface area contributed by atoms with Crippen LogP contribution in [0.1, 0.15) is 96.0 Å². The maximum Gasteiger partial charge on any atom is 0.248 e. The lowest BCUT2D eigenvalue weighted by molar-refractivity contribution is 0.493. The Morgan fingerprint density at radius 1 is 0.950 bits per heavy atom. The fourth-order valence-corrected chi connectivity index (χ4v) is 2.94. The highest BCUT2D eigenvalue weighted by atomic mass is 15.2. The van der Waals surface area contributed by atoms with Crippen molar-refractivity contribution in [2.45, 2.75) is 90.4 Å². The van der Waals surface area contributed by atoms with Crippen LogP contribution in [0.5, 0.6) is 0 Å². The van der Waals surface area contributed by atoms with Gasteiger partial charge in [-0.2, -0.15) is 5.10 Å². The molecule has 0 aliphatic carbocycles. The van der Waals surface area contributed by atoms with Crippen molar-refractivity contribution < 1.29 is 0 Å².